The molecule has 0 radical (unpaired) electrons. The van der Waals surface area contributed by atoms with E-state index in [9.17, 15) is 13.2 Å². The highest BCUT2D eigenvalue weighted by Crippen LogP contribution is 2.21. The number of carbonyl (C=O) groups is 1. The minimum atomic E-state index is -3.81. The number of carboxylic acids is 1. The van der Waals surface area contributed by atoms with Gasteiger partial charge in [-0.2, -0.15) is 0 Å². The third kappa shape index (κ3) is 3.87. The van der Waals surface area contributed by atoms with E-state index >= 15 is 0 Å². The van der Waals surface area contributed by atoms with E-state index in [2.05, 4.69) is 25.6 Å². The molecule has 0 bridgehead atoms. The molecule has 0 aliphatic heterocycles. The highest BCUT2D eigenvalue weighted by molar-refractivity contribution is 9.10. The summed E-state index contributed by atoms with van der Waals surface area (Å²) in [5, 5.41) is 9.01. The van der Waals surface area contributed by atoms with Gasteiger partial charge in [-0.05, 0) is 46.3 Å². The standard InChI is InChI=1S/C13H11BrN2O4S/c14-12-5-4-10(7-11(12)13(17)18)21(19,20)16-8-9-3-1-2-6-15-9/h1-7,16H,8H2,(H,17,18). The molecule has 1 aromatic carbocycles. The number of aromatic carboxylic acids is 1. The van der Waals surface area contributed by atoms with Crippen molar-refractivity contribution in [3.8, 4) is 0 Å². The summed E-state index contributed by atoms with van der Waals surface area (Å²) < 4.78 is 27.0. The number of nitrogens with one attached hydrogen (secondary N) is 1. The Bertz CT molecular complexity index is 763. The predicted octanol–water partition coefficient (Wildman–Crippen LogP) is 2.02. The monoisotopic (exact) mass is 370 g/mol. The van der Waals surface area contributed by atoms with E-state index in [1.807, 2.05) is 0 Å². The first-order valence-electron chi connectivity index (χ1n) is 5.82. The molecule has 0 saturated heterocycles. The lowest BCUT2D eigenvalue weighted by Gasteiger charge is -2.08. The molecule has 0 fully saturated rings. The first-order valence-corrected chi connectivity index (χ1v) is 8.10. The summed E-state index contributed by atoms with van der Waals surface area (Å²) in [5.74, 6) is -1.20. The van der Waals surface area contributed by atoms with Gasteiger partial charge in [-0.25, -0.2) is 17.9 Å². The lowest BCUT2D eigenvalue weighted by Crippen LogP contribution is -2.24. The molecule has 6 nitrogen and oxygen atoms in total. The average molecular weight is 371 g/mol. The third-order valence-corrected chi connectivity index (χ3v) is 4.74. The zero-order valence-corrected chi connectivity index (χ0v) is 13.1. The summed E-state index contributed by atoms with van der Waals surface area (Å²) in [7, 11) is -3.81. The largest absolute Gasteiger partial charge is 0.478 e. The van der Waals surface area contributed by atoms with Crippen LogP contribution in [0.15, 0.2) is 52.0 Å². The molecule has 0 aliphatic rings. The van der Waals surface area contributed by atoms with E-state index in [1.165, 1.54) is 12.1 Å². The fourth-order valence-corrected chi connectivity index (χ4v) is 3.03. The van der Waals surface area contributed by atoms with Crippen LogP contribution in [-0.2, 0) is 16.6 Å². The van der Waals surface area contributed by atoms with E-state index in [1.54, 1.807) is 24.4 Å². The van der Waals surface area contributed by atoms with Crippen molar-refractivity contribution < 1.29 is 18.3 Å². The highest BCUT2D eigenvalue weighted by atomic mass is 79.9. The number of hydrogen-bond donors (Lipinski definition) is 2. The maximum atomic E-state index is 12.1. The molecule has 0 unspecified atom stereocenters. The van der Waals surface area contributed by atoms with Gasteiger partial charge >= 0.3 is 5.97 Å². The number of halogens is 1. The summed E-state index contributed by atoms with van der Waals surface area (Å²) in [5.41, 5.74) is 0.451. The second-order valence-electron chi connectivity index (χ2n) is 4.09. The maximum Gasteiger partial charge on any atom is 0.336 e. The molecular formula is C13H11BrN2O4S. The normalized spacial score (nSPS) is 11.3. The number of pyridine rings is 1. The van der Waals surface area contributed by atoms with Crippen LogP contribution in [0.2, 0.25) is 0 Å². The molecule has 2 rings (SSSR count). The highest BCUT2D eigenvalue weighted by Gasteiger charge is 2.18. The van der Waals surface area contributed by atoms with Crippen LogP contribution in [0.5, 0.6) is 0 Å². The van der Waals surface area contributed by atoms with Crippen molar-refractivity contribution in [3.63, 3.8) is 0 Å². The Kier molecular flexibility index (Phi) is 4.71. The topological polar surface area (TPSA) is 96.4 Å². The summed E-state index contributed by atoms with van der Waals surface area (Å²) in [6.45, 7) is 0.0294. The molecule has 1 aromatic heterocycles. The zero-order chi connectivity index (χ0) is 15.5. The third-order valence-electron chi connectivity index (χ3n) is 2.65. The lowest BCUT2D eigenvalue weighted by molar-refractivity contribution is 0.0695. The van der Waals surface area contributed by atoms with Gasteiger partial charge in [0.15, 0.2) is 0 Å². The van der Waals surface area contributed by atoms with Crippen molar-refractivity contribution in [1.82, 2.24) is 9.71 Å². The van der Waals surface area contributed by atoms with Crippen molar-refractivity contribution in [3.05, 3.63) is 58.3 Å². The Balaban J connectivity index is 2.24. The summed E-state index contributed by atoms with van der Waals surface area (Å²) in [6, 6.07) is 8.99. The van der Waals surface area contributed by atoms with Crippen molar-refractivity contribution in [2.45, 2.75) is 11.4 Å². The fraction of sp³-hybridized carbons (Fsp3) is 0.0769. The first-order chi connectivity index (χ1) is 9.90. The van der Waals surface area contributed by atoms with Crippen LogP contribution >= 0.6 is 15.9 Å². The first kappa shape index (κ1) is 15.6. The van der Waals surface area contributed by atoms with Crippen LogP contribution in [0.3, 0.4) is 0 Å². The summed E-state index contributed by atoms with van der Waals surface area (Å²) in [4.78, 5) is 14.9. The molecule has 0 spiro atoms. The van der Waals surface area contributed by atoms with E-state index in [0.717, 1.165) is 6.07 Å². The Morgan fingerprint density at radius 2 is 2.05 bits per heavy atom. The minimum absolute atomic E-state index is 0.0294. The van der Waals surface area contributed by atoms with Crippen molar-refractivity contribution >= 4 is 31.9 Å². The van der Waals surface area contributed by atoms with E-state index in [-0.39, 0.29) is 17.0 Å². The average Bonchev–Trinajstić information content (AvgIpc) is 2.46. The lowest BCUT2D eigenvalue weighted by atomic mass is 10.2. The van der Waals surface area contributed by atoms with Gasteiger partial charge in [0, 0.05) is 10.7 Å². The van der Waals surface area contributed by atoms with Gasteiger partial charge in [-0.1, -0.05) is 6.07 Å². The summed E-state index contributed by atoms with van der Waals surface area (Å²) in [6.07, 6.45) is 1.56. The van der Waals surface area contributed by atoms with Gasteiger partial charge in [0.1, 0.15) is 0 Å². The van der Waals surface area contributed by atoms with Gasteiger partial charge in [0.2, 0.25) is 10.0 Å². The smallest absolute Gasteiger partial charge is 0.336 e. The number of carboxylic acid groups (broad SMARTS) is 1. The van der Waals surface area contributed by atoms with Gasteiger partial charge < -0.3 is 5.11 Å². The van der Waals surface area contributed by atoms with Crippen LogP contribution in [0.4, 0.5) is 0 Å². The van der Waals surface area contributed by atoms with Crippen LogP contribution in [0.25, 0.3) is 0 Å². The fourth-order valence-electron chi connectivity index (χ4n) is 1.59. The second-order valence-corrected chi connectivity index (χ2v) is 6.71. The number of nitrogens with zero attached hydrogens (tertiary/aromatic N) is 1. The Morgan fingerprint density at radius 3 is 2.67 bits per heavy atom. The number of benzene rings is 1. The number of rotatable bonds is 5. The SMILES string of the molecule is O=C(O)c1cc(S(=O)(=O)NCc2ccccn2)ccc1Br. The van der Waals surface area contributed by atoms with Crippen molar-refractivity contribution in [1.29, 1.82) is 0 Å². The molecule has 2 N–H and O–H groups in total. The molecular weight excluding hydrogens is 360 g/mol. The van der Waals surface area contributed by atoms with Gasteiger partial charge in [-0.15, -0.1) is 0 Å². The Morgan fingerprint density at radius 1 is 1.29 bits per heavy atom. The Labute approximate surface area is 130 Å². The van der Waals surface area contributed by atoms with Crippen LogP contribution in [-0.4, -0.2) is 24.5 Å². The van der Waals surface area contributed by atoms with Crippen molar-refractivity contribution in [2.75, 3.05) is 0 Å². The minimum Gasteiger partial charge on any atom is -0.478 e. The molecule has 21 heavy (non-hydrogen) atoms. The van der Waals surface area contributed by atoms with E-state index in [4.69, 9.17) is 5.11 Å². The van der Waals surface area contributed by atoms with Crippen LogP contribution in [0, 0.1) is 0 Å². The summed E-state index contributed by atoms with van der Waals surface area (Å²) >= 11 is 3.07. The number of hydrogen-bond acceptors (Lipinski definition) is 4. The number of aromatic nitrogens is 1. The van der Waals surface area contributed by atoms with Gasteiger partial charge in [-0.3, -0.25) is 4.98 Å². The quantitative estimate of drug-likeness (QED) is 0.838. The molecule has 0 atom stereocenters. The van der Waals surface area contributed by atoms with Gasteiger partial charge in [0.05, 0.1) is 22.7 Å². The zero-order valence-electron chi connectivity index (χ0n) is 10.7. The Hall–Kier alpha value is -1.77. The van der Waals surface area contributed by atoms with E-state index in [0.29, 0.717) is 10.2 Å². The van der Waals surface area contributed by atoms with Crippen LogP contribution < -0.4 is 4.72 Å². The molecule has 8 heteroatoms. The van der Waals surface area contributed by atoms with Crippen LogP contribution in [0.1, 0.15) is 16.1 Å². The maximum absolute atomic E-state index is 12.1. The molecule has 1 heterocycles. The number of sulfonamides is 1. The van der Waals surface area contributed by atoms with Crippen molar-refractivity contribution in [2.24, 2.45) is 0 Å². The molecule has 0 amide bonds. The van der Waals surface area contributed by atoms with E-state index < -0.39 is 16.0 Å². The molecule has 2 aromatic rings. The molecule has 110 valence electrons. The van der Waals surface area contributed by atoms with Gasteiger partial charge in [0.25, 0.3) is 0 Å². The predicted molar refractivity (Wildman–Crippen MR) is 79.4 cm³/mol. The second kappa shape index (κ2) is 6.33. The molecule has 0 aliphatic carbocycles. The molecule has 0 saturated carbocycles.